The maximum absolute atomic E-state index is 12.7. The summed E-state index contributed by atoms with van der Waals surface area (Å²) in [5, 5.41) is 3.20. The zero-order chi connectivity index (χ0) is 20.3. The van der Waals surface area contributed by atoms with Crippen molar-refractivity contribution in [3.8, 4) is 0 Å². The quantitative estimate of drug-likeness (QED) is 0.350. The Bertz CT molecular complexity index is 774. The summed E-state index contributed by atoms with van der Waals surface area (Å²) in [5.41, 5.74) is 7.08. The van der Waals surface area contributed by atoms with Crippen molar-refractivity contribution in [2.75, 3.05) is 51.2 Å². The number of nitrogens with two attached hydrogens (primary N) is 1. The summed E-state index contributed by atoms with van der Waals surface area (Å²) in [6.45, 7) is 7.49. The van der Waals surface area contributed by atoms with Crippen LogP contribution in [0.1, 0.15) is 19.4 Å². The maximum atomic E-state index is 12.7. The van der Waals surface area contributed by atoms with Crippen LogP contribution in [-0.2, 0) is 16.0 Å². The number of rotatable bonds is 4. The van der Waals surface area contributed by atoms with E-state index in [4.69, 9.17) is 5.73 Å². The lowest BCUT2D eigenvalue weighted by Crippen LogP contribution is -2.61. The van der Waals surface area contributed by atoms with Gasteiger partial charge in [0.1, 0.15) is 0 Å². The number of benzene rings is 1. The minimum Gasteiger partial charge on any atom is -0.368 e. The van der Waals surface area contributed by atoms with Gasteiger partial charge in [0.2, 0.25) is 11.8 Å². The second-order valence-corrected chi connectivity index (χ2v) is 7.72. The number of anilines is 1. The smallest absolute Gasteiger partial charge is 0.246 e. The van der Waals surface area contributed by atoms with Crippen LogP contribution in [-0.4, -0.2) is 79.4 Å². The highest BCUT2D eigenvalue weighted by atomic mass is 127. The molecule has 1 aromatic carbocycles. The highest BCUT2D eigenvalue weighted by Crippen LogP contribution is 2.27. The molecular weight excluding hydrogens is 483 g/mol. The Morgan fingerprint density at radius 3 is 2.41 bits per heavy atom. The van der Waals surface area contributed by atoms with E-state index in [2.05, 4.69) is 26.2 Å². The van der Waals surface area contributed by atoms with Gasteiger partial charge in [-0.05, 0) is 31.9 Å². The highest BCUT2D eigenvalue weighted by Gasteiger charge is 2.35. The van der Waals surface area contributed by atoms with E-state index in [-0.39, 0.29) is 42.3 Å². The van der Waals surface area contributed by atoms with E-state index in [1.807, 2.05) is 36.9 Å². The molecule has 1 aromatic rings. The molecule has 0 spiro atoms. The number of aliphatic imine (C=N–C) groups is 1. The third-order valence-electron chi connectivity index (χ3n) is 5.77. The first kappa shape index (κ1) is 23.4. The highest BCUT2D eigenvalue weighted by molar-refractivity contribution is 14.0. The normalized spacial score (nSPS) is 17.6. The number of amides is 2. The fourth-order valence-electron chi connectivity index (χ4n) is 3.81. The van der Waals surface area contributed by atoms with E-state index >= 15 is 0 Å². The number of guanidine groups is 1. The summed E-state index contributed by atoms with van der Waals surface area (Å²) in [6.07, 6.45) is 0.897. The van der Waals surface area contributed by atoms with Crippen molar-refractivity contribution in [2.45, 2.75) is 25.8 Å². The Kier molecular flexibility index (Phi) is 7.87. The minimum atomic E-state index is -0.665. The van der Waals surface area contributed by atoms with Crippen LogP contribution in [0.2, 0.25) is 0 Å². The molecule has 0 unspecified atom stereocenters. The lowest BCUT2D eigenvalue weighted by Gasteiger charge is -2.43. The first-order valence-corrected chi connectivity index (χ1v) is 9.73. The molecule has 0 saturated carbocycles. The maximum Gasteiger partial charge on any atom is 0.246 e. The van der Waals surface area contributed by atoms with E-state index in [9.17, 15) is 9.59 Å². The molecule has 0 atom stereocenters. The average molecular weight is 514 g/mol. The summed E-state index contributed by atoms with van der Waals surface area (Å²) < 4.78 is 0. The molecule has 2 heterocycles. The average Bonchev–Trinajstić information content (AvgIpc) is 3.13. The Labute approximate surface area is 189 Å². The molecule has 2 aliphatic heterocycles. The van der Waals surface area contributed by atoms with Crippen LogP contribution in [0.3, 0.4) is 0 Å². The van der Waals surface area contributed by atoms with Gasteiger partial charge in [0, 0.05) is 45.5 Å². The van der Waals surface area contributed by atoms with Gasteiger partial charge in [-0.15, -0.1) is 24.0 Å². The third kappa shape index (κ3) is 5.00. The van der Waals surface area contributed by atoms with Crippen molar-refractivity contribution in [1.82, 2.24) is 15.1 Å². The summed E-state index contributed by atoms with van der Waals surface area (Å²) in [5.74, 6) is 0.428. The Morgan fingerprint density at radius 1 is 1.14 bits per heavy atom. The summed E-state index contributed by atoms with van der Waals surface area (Å²) in [4.78, 5) is 34.7. The van der Waals surface area contributed by atoms with Gasteiger partial charge in [0.05, 0.1) is 12.1 Å². The number of para-hydroxylation sites is 1. The molecule has 3 N–H and O–H groups in total. The first-order valence-electron chi connectivity index (χ1n) is 9.73. The standard InChI is InChI=1S/C20H30N6O2.HI/c1-20(2,18(21)28)25-12-10-24(11-13-25)19(22-3)23-14-17(27)26-9-8-15-6-4-5-7-16(15)26;/h4-7H,8-14H2,1-3H3,(H2,21,28)(H,22,23);1H. The molecule has 2 amide bonds. The van der Waals surface area contributed by atoms with Crippen LogP contribution >= 0.6 is 24.0 Å². The zero-order valence-electron chi connectivity index (χ0n) is 17.4. The molecule has 0 aliphatic carbocycles. The number of carbonyl (C=O) groups is 2. The molecule has 160 valence electrons. The third-order valence-corrected chi connectivity index (χ3v) is 5.77. The number of carbonyl (C=O) groups excluding carboxylic acids is 2. The number of primary amides is 1. The molecule has 2 aliphatic rings. The number of nitrogens with one attached hydrogen (secondary N) is 1. The van der Waals surface area contributed by atoms with Gasteiger partial charge < -0.3 is 20.9 Å². The molecular formula is C20H31IN6O2. The second kappa shape index (κ2) is 9.75. The van der Waals surface area contributed by atoms with Crippen molar-refractivity contribution in [3.63, 3.8) is 0 Å². The van der Waals surface area contributed by atoms with Crippen LogP contribution in [0, 0.1) is 0 Å². The van der Waals surface area contributed by atoms with Crippen LogP contribution in [0.15, 0.2) is 29.3 Å². The molecule has 1 saturated heterocycles. The molecule has 0 bridgehead atoms. The largest absolute Gasteiger partial charge is 0.368 e. The summed E-state index contributed by atoms with van der Waals surface area (Å²) in [6, 6.07) is 8.03. The molecule has 3 rings (SSSR count). The molecule has 9 heteroatoms. The number of hydrogen-bond acceptors (Lipinski definition) is 4. The topological polar surface area (TPSA) is 94.3 Å². The van der Waals surface area contributed by atoms with E-state index in [1.54, 1.807) is 7.05 Å². The number of halogens is 1. The second-order valence-electron chi connectivity index (χ2n) is 7.72. The van der Waals surface area contributed by atoms with Crippen LogP contribution in [0.4, 0.5) is 5.69 Å². The van der Waals surface area contributed by atoms with Crippen molar-refractivity contribution in [1.29, 1.82) is 0 Å². The predicted molar refractivity (Wildman–Crippen MR) is 126 cm³/mol. The monoisotopic (exact) mass is 514 g/mol. The zero-order valence-corrected chi connectivity index (χ0v) is 19.7. The summed E-state index contributed by atoms with van der Waals surface area (Å²) >= 11 is 0. The minimum absolute atomic E-state index is 0. The number of piperazine rings is 1. The fourth-order valence-corrected chi connectivity index (χ4v) is 3.81. The molecule has 29 heavy (non-hydrogen) atoms. The Hall–Kier alpha value is -1.88. The van der Waals surface area contributed by atoms with Gasteiger partial charge in [-0.3, -0.25) is 19.5 Å². The predicted octanol–water partition coefficient (Wildman–Crippen LogP) is 0.651. The van der Waals surface area contributed by atoms with Crippen molar-refractivity contribution < 1.29 is 9.59 Å². The van der Waals surface area contributed by atoms with Gasteiger partial charge in [0.25, 0.3) is 0 Å². The van der Waals surface area contributed by atoms with E-state index in [0.717, 1.165) is 31.7 Å². The Balaban J connectivity index is 0.00000300. The van der Waals surface area contributed by atoms with Crippen molar-refractivity contribution in [2.24, 2.45) is 10.7 Å². The van der Waals surface area contributed by atoms with Crippen LogP contribution < -0.4 is 16.0 Å². The van der Waals surface area contributed by atoms with Gasteiger partial charge in [-0.1, -0.05) is 18.2 Å². The number of hydrogen-bond donors (Lipinski definition) is 2. The SMILES string of the molecule is CN=C(NCC(=O)N1CCc2ccccc21)N1CCN(C(C)(C)C(N)=O)CC1.I. The lowest BCUT2D eigenvalue weighted by molar-refractivity contribution is -0.129. The fraction of sp³-hybridized carbons (Fsp3) is 0.550. The molecule has 8 nitrogen and oxygen atoms in total. The molecule has 1 fully saturated rings. The number of fused-ring (bicyclic) bond motifs is 1. The molecule has 0 radical (unpaired) electrons. The number of nitrogens with zero attached hydrogens (tertiary/aromatic N) is 4. The van der Waals surface area contributed by atoms with Crippen LogP contribution in [0.25, 0.3) is 0 Å². The van der Waals surface area contributed by atoms with Gasteiger partial charge in [-0.2, -0.15) is 0 Å². The van der Waals surface area contributed by atoms with E-state index in [1.165, 1.54) is 5.56 Å². The lowest BCUT2D eigenvalue weighted by atomic mass is 10.0. The summed E-state index contributed by atoms with van der Waals surface area (Å²) in [7, 11) is 1.72. The van der Waals surface area contributed by atoms with Gasteiger partial charge in [0.15, 0.2) is 5.96 Å². The molecule has 0 aromatic heterocycles. The first-order chi connectivity index (χ1) is 13.3. The van der Waals surface area contributed by atoms with Crippen LogP contribution in [0.5, 0.6) is 0 Å². The van der Waals surface area contributed by atoms with Crippen molar-refractivity contribution in [3.05, 3.63) is 29.8 Å². The van der Waals surface area contributed by atoms with E-state index < -0.39 is 5.54 Å². The Morgan fingerprint density at radius 2 is 1.79 bits per heavy atom. The van der Waals surface area contributed by atoms with E-state index in [0.29, 0.717) is 19.0 Å². The van der Waals surface area contributed by atoms with Crippen molar-refractivity contribution >= 4 is 47.4 Å². The van der Waals surface area contributed by atoms with Gasteiger partial charge >= 0.3 is 0 Å². The van der Waals surface area contributed by atoms with Gasteiger partial charge in [-0.25, -0.2) is 0 Å².